The van der Waals surface area contributed by atoms with Gasteiger partial charge in [-0.25, -0.2) is 0 Å². The van der Waals surface area contributed by atoms with E-state index in [1.165, 1.54) is 85.9 Å². The average Bonchev–Trinajstić information content (AvgIpc) is 3.48. The van der Waals surface area contributed by atoms with Gasteiger partial charge >= 0.3 is 0 Å². The zero-order chi connectivity index (χ0) is 28.3. The van der Waals surface area contributed by atoms with E-state index in [-0.39, 0.29) is 0 Å². The second-order valence-electron chi connectivity index (χ2n) is 11.3. The molecule has 0 bridgehead atoms. The quantitative estimate of drug-likeness (QED) is 0.188. The van der Waals surface area contributed by atoms with E-state index in [2.05, 4.69) is 158 Å². The fourth-order valence-corrected chi connectivity index (χ4v) is 8.12. The highest BCUT2D eigenvalue weighted by molar-refractivity contribution is 7.27. The first-order valence-corrected chi connectivity index (χ1v) is 15.6. The van der Waals surface area contributed by atoms with Gasteiger partial charge in [-0.3, -0.25) is 0 Å². The third kappa shape index (κ3) is 3.82. The lowest BCUT2D eigenvalue weighted by Crippen LogP contribution is -1.90. The topological polar surface area (TPSA) is 0 Å². The van der Waals surface area contributed by atoms with Crippen LogP contribution in [0.2, 0.25) is 0 Å². The van der Waals surface area contributed by atoms with Gasteiger partial charge in [0.1, 0.15) is 0 Å². The van der Waals surface area contributed by atoms with Crippen molar-refractivity contribution in [3.8, 4) is 33.4 Å². The van der Waals surface area contributed by atoms with Gasteiger partial charge in [-0.15, -0.1) is 11.3 Å². The second-order valence-corrected chi connectivity index (χ2v) is 12.3. The summed E-state index contributed by atoms with van der Waals surface area (Å²) in [6.45, 7) is 0. The SMILES string of the molecule is c1ccc(-c2cc(-c3ccccc3)cc(-c3cc4c5ccccc5c5sc6ccccc6c5c4c4ccccc34)c2)cc1. The molecule has 9 rings (SSSR count). The molecule has 0 spiro atoms. The van der Waals surface area contributed by atoms with Crippen LogP contribution < -0.4 is 0 Å². The van der Waals surface area contributed by atoms with Crippen molar-refractivity contribution in [2.24, 2.45) is 0 Å². The molecule has 0 fully saturated rings. The molecule has 200 valence electrons. The van der Waals surface area contributed by atoms with Gasteiger partial charge < -0.3 is 0 Å². The van der Waals surface area contributed by atoms with Crippen molar-refractivity contribution in [3.05, 3.63) is 158 Å². The van der Waals surface area contributed by atoms with Gasteiger partial charge in [-0.2, -0.15) is 0 Å². The molecule has 8 aromatic carbocycles. The molecule has 0 nitrogen and oxygen atoms in total. The summed E-state index contributed by atoms with van der Waals surface area (Å²) in [5.41, 5.74) is 7.40. The van der Waals surface area contributed by atoms with Crippen LogP contribution >= 0.6 is 11.3 Å². The molecule has 9 aromatic rings. The lowest BCUT2D eigenvalue weighted by atomic mass is 9.87. The van der Waals surface area contributed by atoms with Crippen LogP contribution in [0.4, 0.5) is 0 Å². The fraction of sp³-hybridized carbons (Fsp3) is 0. The van der Waals surface area contributed by atoms with E-state index in [0.29, 0.717) is 0 Å². The summed E-state index contributed by atoms with van der Waals surface area (Å²) < 4.78 is 2.71. The van der Waals surface area contributed by atoms with Crippen molar-refractivity contribution in [1.29, 1.82) is 0 Å². The predicted octanol–water partition coefficient (Wildman–Crippen LogP) is 12.5. The number of fused-ring (bicyclic) bond motifs is 10. The van der Waals surface area contributed by atoms with Gasteiger partial charge in [0.05, 0.1) is 0 Å². The smallest absolute Gasteiger partial charge is 0.0440 e. The van der Waals surface area contributed by atoms with Crippen LogP contribution in [0.1, 0.15) is 0 Å². The third-order valence-corrected chi connectivity index (χ3v) is 10.0. The van der Waals surface area contributed by atoms with Gasteiger partial charge in [0.25, 0.3) is 0 Å². The normalized spacial score (nSPS) is 11.7. The maximum absolute atomic E-state index is 2.46. The number of rotatable bonds is 3. The molecule has 1 aromatic heterocycles. The van der Waals surface area contributed by atoms with Gasteiger partial charge in [0, 0.05) is 25.6 Å². The Balaban J connectivity index is 1.45. The molecular weight excluding hydrogens is 537 g/mol. The Hall–Kier alpha value is -5.24. The van der Waals surface area contributed by atoms with E-state index >= 15 is 0 Å². The van der Waals surface area contributed by atoms with E-state index < -0.39 is 0 Å². The summed E-state index contributed by atoms with van der Waals surface area (Å²) in [4.78, 5) is 0. The molecule has 0 aliphatic heterocycles. The van der Waals surface area contributed by atoms with Crippen LogP contribution in [0.25, 0.3) is 85.9 Å². The summed E-state index contributed by atoms with van der Waals surface area (Å²) in [6, 6.07) is 57.9. The largest absolute Gasteiger partial charge is 0.135 e. The standard InChI is InChI=1S/C42H26S/c1-3-13-27(14-4-1)29-23-30(28-15-5-2-6-16-28)25-31(24-29)37-26-38-33-18-8-10-20-35(33)42-41(36-21-11-12-22-39(36)43-42)40(38)34-19-9-7-17-32(34)37/h1-26H. The van der Waals surface area contributed by atoms with Gasteiger partial charge in [-0.1, -0.05) is 127 Å². The zero-order valence-electron chi connectivity index (χ0n) is 23.4. The van der Waals surface area contributed by atoms with Crippen molar-refractivity contribution in [2.75, 3.05) is 0 Å². The van der Waals surface area contributed by atoms with Gasteiger partial charge in [0.15, 0.2) is 0 Å². The molecule has 0 amide bonds. The van der Waals surface area contributed by atoms with Crippen LogP contribution in [0, 0.1) is 0 Å². The fourth-order valence-electron chi connectivity index (χ4n) is 6.87. The number of hydrogen-bond donors (Lipinski definition) is 0. The van der Waals surface area contributed by atoms with Crippen LogP contribution in [0.5, 0.6) is 0 Å². The monoisotopic (exact) mass is 562 g/mol. The maximum Gasteiger partial charge on any atom is 0.0440 e. The molecule has 1 heteroatoms. The van der Waals surface area contributed by atoms with Crippen LogP contribution in [-0.4, -0.2) is 0 Å². The van der Waals surface area contributed by atoms with E-state index in [1.807, 2.05) is 11.3 Å². The van der Waals surface area contributed by atoms with Crippen LogP contribution in [0.15, 0.2) is 158 Å². The highest BCUT2D eigenvalue weighted by Gasteiger charge is 2.19. The number of thiophene rings is 1. The average molecular weight is 563 g/mol. The summed E-state index contributed by atoms with van der Waals surface area (Å²) in [5.74, 6) is 0. The Labute approximate surface area is 254 Å². The summed E-state index contributed by atoms with van der Waals surface area (Å²) in [5, 5.41) is 10.6. The van der Waals surface area contributed by atoms with Crippen molar-refractivity contribution in [1.82, 2.24) is 0 Å². The highest BCUT2D eigenvalue weighted by atomic mass is 32.1. The lowest BCUT2D eigenvalue weighted by Gasteiger charge is -2.17. The third-order valence-electron chi connectivity index (χ3n) is 8.81. The second kappa shape index (κ2) is 9.66. The molecule has 0 atom stereocenters. The molecule has 0 aliphatic rings. The minimum atomic E-state index is 1.23. The Morgan fingerprint density at radius 2 is 0.814 bits per heavy atom. The van der Waals surface area contributed by atoms with Crippen LogP contribution in [0.3, 0.4) is 0 Å². The van der Waals surface area contributed by atoms with E-state index in [1.54, 1.807) is 0 Å². The number of benzene rings is 8. The predicted molar refractivity (Wildman–Crippen MR) is 188 cm³/mol. The molecule has 0 N–H and O–H groups in total. The summed E-state index contributed by atoms with van der Waals surface area (Å²) in [7, 11) is 0. The van der Waals surface area contributed by atoms with Crippen LogP contribution in [-0.2, 0) is 0 Å². The van der Waals surface area contributed by atoms with E-state index in [4.69, 9.17) is 0 Å². The first kappa shape index (κ1) is 24.4. The molecule has 0 saturated carbocycles. The molecule has 0 aliphatic carbocycles. The van der Waals surface area contributed by atoms with Gasteiger partial charge in [0.2, 0.25) is 0 Å². The molecular formula is C42H26S. The minimum Gasteiger partial charge on any atom is -0.135 e. The minimum absolute atomic E-state index is 1.23. The van der Waals surface area contributed by atoms with Gasteiger partial charge in [-0.05, 0) is 90.6 Å². The Kier molecular flexibility index (Phi) is 5.47. The first-order valence-electron chi connectivity index (χ1n) is 14.8. The van der Waals surface area contributed by atoms with E-state index in [0.717, 1.165) is 0 Å². The molecule has 1 heterocycles. The van der Waals surface area contributed by atoms with Crippen molar-refractivity contribution in [3.63, 3.8) is 0 Å². The zero-order valence-corrected chi connectivity index (χ0v) is 24.2. The molecule has 43 heavy (non-hydrogen) atoms. The first-order chi connectivity index (χ1) is 21.3. The highest BCUT2D eigenvalue weighted by Crippen LogP contribution is 2.48. The molecule has 0 radical (unpaired) electrons. The van der Waals surface area contributed by atoms with E-state index in [9.17, 15) is 0 Å². The summed E-state index contributed by atoms with van der Waals surface area (Å²) >= 11 is 1.91. The number of hydrogen-bond acceptors (Lipinski definition) is 1. The Morgan fingerprint density at radius 3 is 1.49 bits per heavy atom. The lowest BCUT2D eigenvalue weighted by molar-refractivity contribution is 1.58. The van der Waals surface area contributed by atoms with Crippen molar-refractivity contribution in [2.45, 2.75) is 0 Å². The van der Waals surface area contributed by atoms with Crippen molar-refractivity contribution >= 4 is 63.8 Å². The molecule has 0 unspecified atom stereocenters. The Morgan fingerprint density at radius 1 is 0.302 bits per heavy atom. The maximum atomic E-state index is 2.46. The van der Waals surface area contributed by atoms with Crippen molar-refractivity contribution < 1.29 is 0 Å². The Bertz CT molecular complexity index is 2430. The summed E-state index contributed by atoms with van der Waals surface area (Å²) in [6.07, 6.45) is 0. The molecule has 0 saturated heterocycles.